The summed E-state index contributed by atoms with van der Waals surface area (Å²) in [4.78, 5) is 72.1. The monoisotopic (exact) mass is 556 g/mol. The highest BCUT2D eigenvalue weighted by Crippen LogP contribution is 2.06. The van der Waals surface area contributed by atoms with Gasteiger partial charge in [-0.15, -0.1) is 0 Å². The van der Waals surface area contributed by atoms with E-state index >= 15 is 0 Å². The van der Waals surface area contributed by atoms with Crippen molar-refractivity contribution in [2.45, 2.75) is 56.3 Å². The first-order valence-corrected chi connectivity index (χ1v) is 13.0. The summed E-state index contributed by atoms with van der Waals surface area (Å²) in [6.45, 7) is 0.248. The topological polar surface area (TPSA) is 287 Å². The lowest BCUT2D eigenvalue weighted by Crippen LogP contribution is -2.58. The Morgan fingerprint density at radius 3 is 2.21 bits per heavy atom. The van der Waals surface area contributed by atoms with Gasteiger partial charge in [-0.1, -0.05) is 0 Å². The van der Waals surface area contributed by atoms with Crippen LogP contribution in [0.2, 0.25) is 0 Å². The van der Waals surface area contributed by atoms with Crippen LogP contribution in [0.15, 0.2) is 17.5 Å². The number of nitrogens with two attached hydrogens (primary N) is 4. The molecule has 0 saturated heterocycles. The zero-order valence-electron chi connectivity index (χ0n) is 21.0. The van der Waals surface area contributed by atoms with Crippen LogP contribution < -0.4 is 38.9 Å². The molecule has 0 fully saturated rings. The van der Waals surface area contributed by atoms with Gasteiger partial charge < -0.3 is 49.0 Å². The van der Waals surface area contributed by atoms with Crippen molar-refractivity contribution in [2.24, 2.45) is 27.9 Å². The first kappa shape index (κ1) is 32.2. The number of rotatable bonds is 18. The van der Waals surface area contributed by atoms with Crippen molar-refractivity contribution in [2.75, 3.05) is 18.6 Å². The van der Waals surface area contributed by atoms with Crippen molar-refractivity contribution in [1.29, 1.82) is 0 Å². The van der Waals surface area contributed by atoms with Gasteiger partial charge in [0.15, 0.2) is 5.96 Å². The number of carboxylic acid groups (broad SMARTS) is 1. The van der Waals surface area contributed by atoms with E-state index in [9.17, 15) is 29.1 Å². The van der Waals surface area contributed by atoms with Crippen LogP contribution >= 0.6 is 11.8 Å². The van der Waals surface area contributed by atoms with Crippen molar-refractivity contribution in [3.63, 3.8) is 0 Å². The quantitative estimate of drug-likeness (QED) is 0.0485. The van der Waals surface area contributed by atoms with Gasteiger partial charge in [0.25, 0.3) is 0 Å². The number of imidazole rings is 1. The van der Waals surface area contributed by atoms with E-state index in [4.69, 9.17) is 22.9 Å². The second-order valence-electron chi connectivity index (χ2n) is 8.31. The molecule has 1 aromatic heterocycles. The van der Waals surface area contributed by atoms with Crippen molar-refractivity contribution in [1.82, 2.24) is 25.9 Å². The van der Waals surface area contributed by atoms with Gasteiger partial charge in [-0.2, -0.15) is 11.8 Å². The van der Waals surface area contributed by atoms with Gasteiger partial charge in [0, 0.05) is 24.9 Å². The number of hydrogen-bond acceptors (Lipinski definition) is 9. The summed E-state index contributed by atoms with van der Waals surface area (Å²) in [5, 5.41) is 16.8. The van der Waals surface area contributed by atoms with E-state index < -0.39 is 60.2 Å². The normalized spacial score (nSPS) is 13.8. The lowest BCUT2D eigenvalue weighted by molar-refractivity contribution is -0.142. The van der Waals surface area contributed by atoms with E-state index in [1.54, 1.807) is 6.26 Å². The molecular weight excluding hydrogens is 520 g/mol. The SMILES string of the molecule is CSCCC(NC(=O)C(CC(N)=O)NC(=O)C(N)CCCN=C(N)N)C(=O)NC(Cc1cnc[nH]1)C(=O)O. The van der Waals surface area contributed by atoms with E-state index in [0.29, 0.717) is 17.9 Å². The maximum absolute atomic E-state index is 13.0. The Morgan fingerprint density at radius 2 is 1.66 bits per heavy atom. The lowest BCUT2D eigenvalue weighted by atomic mass is 10.1. The summed E-state index contributed by atoms with van der Waals surface area (Å²) in [7, 11) is 0. The zero-order chi connectivity index (χ0) is 28.7. The molecule has 4 amide bonds. The third-order valence-electron chi connectivity index (χ3n) is 5.18. The molecule has 0 saturated carbocycles. The van der Waals surface area contributed by atoms with Crippen molar-refractivity contribution < 1.29 is 29.1 Å². The number of carbonyl (C=O) groups excluding carboxylic acids is 4. The standard InChI is InChI=1S/C21H36N10O6S/c1-38-6-4-13(18(34)31-15(20(36)37)7-11-9-26-10-28-11)29-19(35)14(8-16(23)32)30-17(33)12(22)3-2-5-27-21(24)25/h9-10,12-15H,2-8,22H2,1H3,(H2,23,32)(H,26,28)(H,29,35)(H,30,33)(H,31,34)(H,36,37)(H4,24,25,27). The van der Waals surface area contributed by atoms with E-state index in [1.165, 1.54) is 24.3 Å². The number of carbonyl (C=O) groups is 5. The first-order valence-electron chi connectivity index (χ1n) is 11.6. The molecule has 0 aliphatic rings. The Kier molecular flexibility index (Phi) is 14.2. The van der Waals surface area contributed by atoms with Crippen molar-refractivity contribution in [3.05, 3.63) is 18.2 Å². The fraction of sp³-hybridized carbons (Fsp3) is 0.571. The average Bonchev–Trinajstić information content (AvgIpc) is 3.35. The van der Waals surface area contributed by atoms with E-state index in [-0.39, 0.29) is 31.8 Å². The minimum Gasteiger partial charge on any atom is -0.480 e. The van der Waals surface area contributed by atoms with Crippen LogP contribution in [0.5, 0.6) is 0 Å². The van der Waals surface area contributed by atoms with Crippen LogP contribution in [0.3, 0.4) is 0 Å². The summed E-state index contributed by atoms with van der Waals surface area (Å²) in [5.41, 5.74) is 22.1. The number of nitrogens with one attached hydrogen (secondary N) is 4. The number of hydrogen-bond donors (Lipinski definition) is 9. The number of primary amides is 1. The van der Waals surface area contributed by atoms with Crippen LogP contribution in [0.1, 0.15) is 31.4 Å². The summed E-state index contributed by atoms with van der Waals surface area (Å²) in [6, 6.07) is -4.89. The summed E-state index contributed by atoms with van der Waals surface area (Å²) in [6.07, 6.45) is 4.71. The fourth-order valence-corrected chi connectivity index (χ4v) is 3.68. The predicted molar refractivity (Wildman–Crippen MR) is 140 cm³/mol. The third kappa shape index (κ3) is 12.4. The molecule has 17 heteroatoms. The predicted octanol–water partition coefficient (Wildman–Crippen LogP) is -3.50. The van der Waals surface area contributed by atoms with Gasteiger partial charge >= 0.3 is 5.97 Å². The smallest absolute Gasteiger partial charge is 0.326 e. The summed E-state index contributed by atoms with van der Waals surface area (Å²) >= 11 is 1.40. The third-order valence-corrected chi connectivity index (χ3v) is 5.82. The highest BCUT2D eigenvalue weighted by molar-refractivity contribution is 7.98. The molecule has 38 heavy (non-hydrogen) atoms. The Hall–Kier alpha value is -3.86. The second kappa shape index (κ2) is 16.8. The largest absolute Gasteiger partial charge is 0.480 e. The number of aliphatic carboxylic acids is 1. The summed E-state index contributed by atoms with van der Waals surface area (Å²) in [5.74, 6) is -4.13. The average molecular weight is 557 g/mol. The number of H-pyrrole nitrogens is 1. The number of amides is 4. The molecular formula is C21H36N10O6S. The molecule has 0 bridgehead atoms. The number of aromatic amines is 1. The van der Waals surface area contributed by atoms with Gasteiger partial charge in [0.2, 0.25) is 23.6 Å². The highest BCUT2D eigenvalue weighted by Gasteiger charge is 2.31. The van der Waals surface area contributed by atoms with Gasteiger partial charge in [-0.25, -0.2) is 9.78 Å². The first-order chi connectivity index (χ1) is 17.9. The maximum atomic E-state index is 13.0. The molecule has 0 aliphatic heterocycles. The minimum atomic E-state index is -1.41. The molecule has 4 unspecified atom stereocenters. The van der Waals surface area contributed by atoms with Gasteiger partial charge in [0.05, 0.1) is 18.8 Å². The van der Waals surface area contributed by atoms with Crippen LogP contribution in [0.25, 0.3) is 0 Å². The Bertz CT molecular complexity index is 970. The molecule has 0 spiro atoms. The second-order valence-corrected chi connectivity index (χ2v) is 9.30. The number of thioether (sulfide) groups is 1. The van der Waals surface area contributed by atoms with Crippen molar-refractivity contribution in [3.8, 4) is 0 Å². The minimum absolute atomic E-state index is 0.0638. The van der Waals surface area contributed by atoms with E-state index in [0.717, 1.165) is 0 Å². The van der Waals surface area contributed by atoms with Crippen LogP contribution in [0, 0.1) is 0 Å². The molecule has 1 aromatic rings. The van der Waals surface area contributed by atoms with Gasteiger partial charge in [0.1, 0.15) is 18.1 Å². The van der Waals surface area contributed by atoms with Crippen LogP contribution in [-0.4, -0.2) is 93.4 Å². The van der Waals surface area contributed by atoms with Crippen LogP contribution in [0.4, 0.5) is 0 Å². The number of guanidine groups is 1. The molecule has 0 aliphatic carbocycles. The molecule has 16 nitrogen and oxygen atoms in total. The van der Waals surface area contributed by atoms with E-state index in [1.807, 2.05) is 0 Å². The molecule has 0 aromatic carbocycles. The summed E-state index contributed by atoms with van der Waals surface area (Å²) < 4.78 is 0. The number of nitrogens with zero attached hydrogens (tertiary/aromatic N) is 2. The molecule has 0 radical (unpaired) electrons. The zero-order valence-corrected chi connectivity index (χ0v) is 21.8. The van der Waals surface area contributed by atoms with Crippen LogP contribution in [-0.2, 0) is 30.4 Å². The Balaban J connectivity index is 2.90. The number of carboxylic acids is 1. The van der Waals surface area contributed by atoms with Gasteiger partial charge in [-0.3, -0.25) is 24.2 Å². The fourth-order valence-electron chi connectivity index (χ4n) is 3.21. The van der Waals surface area contributed by atoms with E-state index in [2.05, 4.69) is 30.9 Å². The maximum Gasteiger partial charge on any atom is 0.326 e. The lowest BCUT2D eigenvalue weighted by Gasteiger charge is -2.24. The Labute approximate surface area is 223 Å². The highest BCUT2D eigenvalue weighted by atomic mass is 32.2. The van der Waals surface area contributed by atoms with Gasteiger partial charge in [-0.05, 0) is 31.3 Å². The Morgan fingerprint density at radius 1 is 1.03 bits per heavy atom. The molecule has 1 heterocycles. The number of aliphatic imine (C=N–C) groups is 1. The van der Waals surface area contributed by atoms with Crippen molar-refractivity contribution >= 4 is 47.3 Å². The number of aromatic nitrogens is 2. The molecule has 1 rings (SSSR count). The molecule has 4 atom stereocenters. The molecule has 13 N–H and O–H groups in total. The molecule has 212 valence electrons.